The molecule has 12 heavy (non-hydrogen) atoms. The van der Waals surface area contributed by atoms with E-state index in [9.17, 15) is 4.79 Å². The predicted molar refractivity (Wildman–Crippen MR) is 37.7 cm³/mol. The first-order valence-corrected chi connectivity index (χ1v) is 6.33. The van der Waals surface area contributed by atoms with E-state index in [1.165, 1.54) is 23.3 Å². The molecule has 1 saturated carbocycles. The molecule has 4 heteroatoms. The average Bonchev–Trinajstić information content (AvgIpc) is 1.86. The van der Waals surface area contributed by atoms with Crippen LogP contribution in [0.25, 0.3) is 0 Å². The molecule has 0 aromatic heterocycles. The van der Waals surface area contributed by atoms with Crippen LogP contribution in [-0.2, 0) is 27.8 Å². The Morgan fingerprint density at radius 1 is 1.58 bits per heavy atom. The summed E-state index contributed by atoms with van der Waals surface area (Å²) in [5.74, 6) is 1.10. The van der Waals surface area contributed by atoms with E-state index in [4.69, 9.17) is 4.74 Å². The maximum Gasteiger partial charge on any atom is -1.00 e. The van der Waals surface area contributed by atoms with Crippen molar-refractivity contribution in [3.05, 3.63) is 0 Å². The molecule has 0 atom stereocenters. The Hall–Kier alpha value is 0.823. The topological polar surface area (TPSA) is 26.3 Å². The summed E-state index contributed by atoms with van der Waals surface area (Å²) < 4.78 is 4.91. The average molecular weight is 333 g/mol. The van der Waals surface area contributed by atoms with Gasteiger partial charge in [0.25, 0.3) is 0 Å². The molecular weight excluding hydrogens is 320 g/mol. The maximum absolute atomic E-state index is 11.1. The summed E-state index contributed by atoms with van der Waals surface area (Å²) in [6, 6.07) is 0. The van der Waals surface area contributed by atoms with E-state index < -0.39 is 0 Å². The Morgan fingerprint density at radius 3 is 2.58 bits per heavy atom. The van der Waals surface area contributed by atoms with Crippen LogP contribution in [0.4, 0.5) is 0 Å². The minimum absolute atomic E-state index is 0. The van der Waals surface area contributed by atoms with Crippen molar-refractivity contribution in [3.8, 4) is 0 Å². The van der Waals surface area contributed by atoms with Crippen molar-refractivity contribution in [1.82, 2.24) is 0 Å². The molecule has 0 heterocycles. The van der Waals surface area contributed by atoms with Gasteiger partial charge in [-0.05, 0) is 0 Å². The largest absolute Gasteiger partial charge is 1.00 e. The van der Waals surface area contributed by atoms with E-state index in [1.54, 1.807) is 0 Å². The predicted octanol–water partition coefficient (Wildman–Crippen LogP) is -1.46. The van der Waals surface area contributed by atoms with E-state index in [-0.39, 0.29) is 35.9 Å². The van der Waals surface area contributed by atoms with Crippen molar-refractivity contribution in [2.24, 2.45) is 11.8 Å². The van der Waals surface area contributed by atoms with Gasteiger partial charge in [-0.3, -0.25) is 0 Å². The van der Waals surface area contributed by atoms with Crippen molar-refractivity contribution in [2.75, 3.05) is 6.61 Å². The molecule has 0 N–H and O–H groups in total. The third kappa shape index (κ3) is 3.29. The fraction of sp³-hybridized carbons (Fsp3) is 0.875. The monoisotopic (exact) mass is 332 g/mol. The fourth-order valence-corrected chi connectivity index (χ4v) is 2.41. The van der Waals surface area contributed by atoms with Crippen LogP contribution < -0.4 is 24.0 Å². The summed E-state index contributed by atoms with van der Waals surface area (Å²) in [4.78, 5) is 11.1. The first-order chi connectivity index (χ1) is 5.27. The second-order valence-electron chi connectivity index (χ2n) is 3.08. The van der Waals surface area contributed by atoms with Crippen LogP contribution in [0.5, 0.6) is 0 Å². The second kappa shape index (κ2) is 6.30. The molecule has 1 fully saturated rings. The van der Waals surface area contributed by atoms with Gasteiger partial charge in [0.15, 0.2) is 0 Å². The zero-order valence-electron chi connectivity index (χ0n) is 7.38. The van der Waals surface area contributed by atoms with Crippen LogP contribution >= 0.6 is 0 Å². The molecule has 1 aliphatic rings. The van der Waals surface area contributed by atoms with Gasteiger partial charge in [-0.2, -0.15) is 0 Å². The molecule has 2 nitrogen and oxygen atoms in total. The quantitative estimate of drug-likeness (QED) is 0.359. The molecule has 0 spiro atoms. The van der Waals surface area contributed by atoms with Gasteiger partial charge >= 0.3 is 77.0 Å². The van der Waals surface area contributed by atoms with Gasteiger partial charge in [-0.25, -0.2) is 0 Å². The minimum atomic E-state index is 0. The van der Waals surface area contributed by atoms with Gasteiger partial charge in [-0.1, -0.05) is 0 Å². The molecule has 0 unspecified atom stereocenters. The number of esters is 1. The fourth-order valence-electron chi connectivity index (χ4n) is 1.42. The maximum atomic E-state index is 11.1. The Balaban J connectivity index is 0.00000121. The van der Waals surface area contributed by atoms with Crippen molar-refractivity contribution in [1.29, 1.82) is 0 Å². The van der Waals surface area contributed by atoms with Crippen molar-refractivity contribution < 1.29 is 51.8 Å². The molecule has 1 rings (SSSR count). The molecule has 0 aliphatic heterocycles. The van der Waals surface area contributed by atoms with Crippen LogP contribution in [0.1, 0.15) is 19.8 Å². The molecular formula is C8H13IO2Zn. The van der Waals surface area contributed by atoms with Gasteiger partial charge in [-0.15, -0.1) is 0 Å². The van der Waals surface area contributed by atoms with Crippen molar-refractivity contribution in [3.63, 3.8) is 0 Å². The summed E-state index contributed by atoms with van der Waals surface area (Å²) in [7, 11) is 0. The third-order valence-electron chi connectivity index (χ3n) is 2.26. The third-order valence-corrected chi connectivity index (χ3v) is 3.98. The molecule has 1 aliphatic carbocycles. The van der Waals surface area contributed by atoms with Crippen LogP contribution in [0.3, 0.4) is 0 Å². The first-order valence-electron chi connectivity index (χ1n) is 4.23. The summed E-state index contributed by atoms with van der Waals surface area (Å²) >= 11 is 1.36. The van der Waals surface area contributed by atoms with Gasteiger partial charge in [0.1, 0.15) is 0 Å². The van der Waals surface area contributed by atoms with Gasteiger partial charge in [0, 0.05) is 0 Å². The van der Waals surface area contributed by atoms with Crippen molar-refractivity contribution in [2.45, 2.75) is 24.8 Å². The Bertz CT molecular complexity index is 146. The summed E-state index contributed by atoms with van der Waals surface area (Å²) in [6.45, 7) is 2.39. The summed E-state index contributed by atoms with van der Waals surface area (Å²) in [6.07, 6.45) is 2.16. The zero-order valence-corrected chi connectivity index (χ0v) is 12.5. The smallest absolute Gasteiger partial charge is 1.00 e. The van der Waals surface area contributed by atoms with E-state index in [1.807, 2.05) is 6.92 Å². The van der Waals surface area contributed by atoms with Crippen LogP contribution in [0, 0.1) is 11.8 Å². The Labute approximate surface area is 101 Å². The normalized spacial score (nSPS) is 26.9. The van der Waals surface area contributed by atoms with Gasteiger partial charge in [0.2, 0.25) is 0 Å². The van der Waals surface area contributed by atoms with Crippen molar-refractivity contribution >= 4 is 5.97 Å². The number of halogens is 1. The number of rotatable bonds is 3. The SMILES string of the molecule is CCOC(=O)C1CC([CH2][Zn+])C1.[I-]. The number of ether oxygens (including phenoxy) is 1. The summed E-state index contributed by atoms with van der Waals surface area (Å²) in [5.41, 5.74) is 0. The standard InChI is InChI=1S/C8H13O2.HI.Zn/c1-3-10-8(9)7-4-6(2)5-7;;/h6-7H,2-5H2,1H3;1H;/q;;+1/p-1. The number of carbonyl (C=O) groups excluding carboxylic acids is 1. The number of hydrogen-bond donors (Lipinski definition) is 0. The van der Waals surface area contributed by atoms with Crippen LogP contribution in [0.15, 0.2) is 0 Å². The molecule has 0 bridgehead atoms. The number of hydrogen-bond acceptors (Lipinski definition) is 2. The second-order valence-corrected chi connectivity index (χ2v) is 4.29. The van der Waals surface area contributed by atoms with E-state index in [2.05, 4.69) is 0 Å². The number of carbonyl (C=O) groups is 1. The molecule has 0 aromatic rings. The molecule has 66 valence electrons. The first kappa shape index (κ1) is 12.8. The van der Waals surface area contributed by atoms with Gasteiger partial charge < -0.3 is 24.0 Å². The van der Waals surface area contributed by atoms with E-state index >= 15 is 0 Å². The minimum Gasteiger partial charge on any atom is -1.00 e. The summed E-state index contributed by atoms with van der Waals surface area (Å²) in [5, 5.41) is 1.33. The zero-order chi connectivity index (χ0) is 8.27. The van der Waals surface area contributed by atoms with E-state index in [0.717, 1.165) is 18.8 Å². The molecule has 0 amide bonds. The Kier molecular flexibility index (Phi) is 6.74. The van der Waals surface area contributed by atoms with Crippen LogP contribution in [0.2, 0.25) is 5.02 Å². The van der Waals surface area contributed by atoms with Crippen LogP contribution in [-0.4, -0.2) is 12.6 Å². The molecule has 0 aromatic carbocycles. The van der Waals surface area contributed by atoms with Gasteiger partial charge in [0.05, 0.1) is 0 Å². The Morgan fingerprint density at radius 2 is 2.17 bits per heavy atom. The molecule has 0 saturated heterocycles. The molecule has 0 radical (unpaired) electrons. The van der Waals surface area contributed by atoms with E-state index in [0.29, 0.717) is 6.61 Å².